The zero-order chi connectivity index (χ0) is 16.7. The van der Waals surface area contributed by atoms with E-state index in [-0.39, 0.29) is 24.4 Å². The van der Waals surface area contributed by atoms with Gasteiger partial charge in [0.15, 0.2) is 0 Å². The number of carboxylic acid groups (broad SMARTS) is 1. The van der Waals surface area contributed by atoms with Crippen molar-refractivity contribution in [3.05, 3.63) is 35.6 Å². The Kier molecular flexibility index (Phi) is 6.49. The summed E-state index contributed by atoms with van der Waals surface area (Å²) in [4.78, 5) is 34.3. The van der Waals surface area contributed by atoms with Gasteiger partial charge in [0, 0.05) is 18.5 Å². The van der Waals surface area contributed by atoms with E-state index in [1.807, 2.05) is 0 Å². The lowest BCUT2D eigenvalue weighted by molar-refractivity contribution is -0.143. The molecule has 1 rings (SSSR count). The molecule has 0 saturated heterocycles. The number of aliphatic carboxylic acids is 1. The maximum absolute atomic E-state index is 12.7. The molecule has 0 radical (unpaired) electrons. The van der Waals surface area contributed by atoms with Crippen LogP contribution in [0.2, 0.25) is 0 Å². The topological polar surface area (TPSA) is 95.5 Å². The van der Waals surface area contributed by atoms with E-state index in [4.69, 9.17) is 5.11 Å². The van der Waals surface area contributed by atoms with Gasteiger partial charge in [0.2, 0.25) is 5.91 Å². The first-order valence-corrected chi connectivity index (χ1v) is 6.87. The van der Waals surface area contributed by atoms with E-state index in [0.29, 0.717) is 0 Å². The van der Waals surface area contributed by atoms with Crippen molar-refractivity contribution >= 4 is 17.8 Å². The van der Waals surface area contributed by atoms with Crippen molar-refractivity contribution in [1.29, 1.82) is 0 Å². The lowest BCUT2D eigenvalue weighted by Crippen LogP contribution is -2.45. The molecular weight excluding hydrogens is 291 g/mol. The molecule has 1 aromatic carbocycles. The van der Waals surface area contributed by atoms with E-state index >= 15 is 0 Å². The molecule has 0 aliphatic carbocycles. The second-order valence-electron chi connectivity index (χ2n) is 5.14. The zero-order valence-electron chi connectivity index (χ0n) is 12.4. The molecule has 0 aliphatic rings. The summed E-state index contributed by atoms with van der Waals surface area (Å²) in [7, 11) is 0. The average Bonchev–Trinajstić information content (AvgIpc) is 2.44. The average molecular weight is 310 g/mol. The van der Waals surface area contributed by atoms with E-state index in [9.17, 15) is 18.8 Å². The van der Waals surface area contributed by atoms with Crippen LogP contribution in [0, 0.1) is 11.7 Å². The third-order valence-electron chi connectivity index (χ3n) is 2.99. The second kappa shape index (κ2) is 8.11. The van der Waals surface area contributed by atoms with Crippen LogP contribution in [0.4, 0.5) is 4.39 Å². The van der Waals surface area contributed by atoms with Gasteiger partial charge in [0.25, 0.3) is 5.91 Å². The Hall–Kier alpha value is -2.44. The highest BCUT2D eigenvalue weighted by Gasteiger charge is 2.23. The highest BCUT2D eigenvalue weighted by Crippen LogP contribution is 2.03. The smallest absolute Gasteiger partial charge is 0.326 e. The number of carbonyl (C=O) groups is 3. The molecule has 0 spiro atoms. The number of amides is 2. The Morgan fingerprint density at radius 3 is 2.27 bits per heavy atom. The third-order valence-corrected chi connectivity index (χ3v) is 2.99. The Labute approximate surface area is 127 Å². The molecule has 22 heavy (non-hydrogen) atoms. The van der Waals surface area contributed by atoms with Crippen molar-refractivity contribution < 1.29 is 23.9 Å². The molecule has 0 aliphatic heterocycles. The lowest BCUT2D eigenvalue weighted by Gasteiger charge is -2.17. The SMILES string of the molecule is CC(C)[C@H](NC(=O)CCNC(=O)c1ccc(F)cc1)C(=O)O. The monoisotopic (exact) mass is 310 g/mol. The molecule has 0 aromatic heterocycles. The van der Waals surface area contributed by atoms with Gasteiger partial charge in [0.1, 0.15) is 11.9 Å². The number of carbonyl (C=O) groups excluding carboxylic acids is 2. The van der Waals surface area contributed by atoms with Crippen LogP contribution in [0.3, 0.4) is 0 Å². The number of benzene rings is 1. The van der Waals surface area contributed by atoms with Crippen LogP contribution in [0.1, 0.15) is 30.6 Å². The number of carboxylic acids is 1. The van der Waals surface area contributed by atoms with Crippen LogP contribution >= 0.6 is 0 Å². The molecular formula is C15H19FN2O4. The molecule has 0 heterocycles. The lowest BCUT2D eigenvalue weighted by atomic mass is 10.0. The van der Waals surface area contributed by atoms with Crippen molar-refractivity contribution in [2.24, 2.45) is 5.92 Å². The van der Waals surface area contributed by atoms with Crippen LogP contribution in [0.15, 0.2) is 24.3 Å². The standard InChI is InChI=1S/C15H19FN2O4/c1-9(2)13(15(21)22)18-12(19)7-8-17-14(20)10-3-5-11(16)6-4-10/h3-6,9,13H,7-8H2,1-2H3,(H,17,20)(H,18,19)(H,21,22)/t13-/m0/s1. The predicted octanol–water partition coefficient (Wildman–Crippen LogP) is 1.17. The fraction of sp³-hybridized carbons (Fsp3) is 0.400. The number of hydrogen-bond donors (Lipinski definition) is 3. The van der Waals surface area contributed by atoms with E-state index < -0.39 is 29.6 Å². The first kappa shape index (κ1) is 17.6. The van der Waals surface area contributed by atoms with E-state index in [1.54, 1.807) is 13.8 Å². The van der Waals surface area contributed by atoms with Crippen LogP contribution in [-0.2, 0) is 9.59 Å². The first-order chi connectivity index (χ1) is 10.3. The normalized spacial score (nSPS) is 11.8. The van der Waals surface area contributed by atoms with E-state index in [1.165, 1.54) is 24.3 Å². The third kappa shape index (κ3) is 5.51. The van der Waals surface area contributed by atoms with Crippen molar-refractivity contribution in [3.63, 3.8) is 0 Å². The summed E-state index contributed by atoms with van der Waals surface area (Å²) in [5.41, 5.74) is 0.285. The van der Waals surface area contributed by atoms with Crippen molar-refractivity contribution in [1.82, 2.24) is 10.6 Å². The maximum atomic E-state index is 12.7. The van der Waals surface area contributed by atoms with Gasteiger partial charge in [-0.1, -0.05) is 13.8 Å². The largest absolute Gasteiger partial charge is 0.480 e. The molecule has 1 atom stereocenters. The molecule has 0 saturated carbocycles. The minimum atomic E-state index is -1.10. The fourth-order valence-corrected chi connectivity index (χ4v) is 1.75. The number of rotatable bonds is 7. The molecule has 0 bridgehead atoms. The highest BCUT2D eigenvalue weighted by atomic mass is 19.1. The summed E-state index contributed by atoms with van der Waals surface area (Å²) in [6.45, 7) is 3.44. The summed E-state index contributed by atoms with van der Waals surface area (Å²) in [6, 6.07) is 4.05. The quantitative estimate of drug-likeness (QED) is 0.704. The Morgan fingerprint density at radius 1 is 1.18 bits per heavy atom. The van der Waals surface area contributed by atoms with Gasteiger partial charge in [-0.25, -0.2) is 9.18 Å². The fourth-order valence-electron chi connectivity index (χ4n) is 1.75. The molecule has 120 valence electrons. The highest BCUT2D eigenvalue weighted by molar-refractivity contribution is 5.94. The van der Waals surface area contributed by atoms with Gasteiger partial charge in [-0.2, -0.15) is 0 Å². The Balaban J connectivity index is 2.40. The van der Waals surface area contributed by atoms with Crippen LogP contribution in [0.5, 0.6) is 0 Å². The van der Waals surface area contributed by atoms with Gasteiger partial charge in [0.05, 0.1) is 0 Å². The molecule has 6 nitrogen and oxygen atoms in total. The summed E-state index contributed by atoms with van der Waals surface area (Å²) in [5.74, 6) is -2.66. The van der Waals surface area contributed by atoms with Crippen molar-refractivity contribution in [2.75, 3.05) is 6.54 Å². The summed E-state index contributed by atoms with van der Waals surface area (Å²) >= 11 is 0. The van der Waals surface area contributed by atoms with E-state index in [0.717, 1.165) is 0 Å². The Morgan fingerprint density at radius 2 is 1.77 bits per heavy atom. The minimum absolute atomic E-state index is 0.0383. The van der Waals surface area contributed by atoms with Crippen molar-refractivity contribution in [2.45, 2.75) is 26.3 Å². The number of nitrogens with one attached hydrogen (secondary N) is 2. The van der Waals surface area contributed by atoms with Gasteiger partial charge in [-0.15, -0.1) is 0 Å². The molecule has 7 heteroatoms. The molecule has 0 unspecified atom stereocenters. The molecule has 2 amide bonds. The van der Waals surface area contributed by atoms with Crippen LogP contribution in [-0.4, -0.2) is 35.5 Å². The minimum Gasteiger partial charge on any atom is -0.480 e. The van der Waals surface area contributed by atoms with Crippen LogP contribution < -0.4 is 10.6 Å². The second-order valence-corrected chi connectivity index (χ2v) is 5.14. The summed E-state index contributed by atoms with van der Waals surface area (Å²) < 4.78 is 12.7. The first-order valence-electron chi connectivity index (χ1n) is 6.87. The van der Waals surface area contributed by atoms with Gasteiger partial charge in [-0.05, 0) is 30.2 Å². The summed E-state index contributed by atoms with van der Waals surface area (Å²) in [5, 5.41) is 13.9. The number of hydrogen-bond acceptors (Lipinski definition) is 3. The summed E-state index contributed by atoms with van der Waals surface area (Å²) in [6.07, 6.45) is -0.0383. The van der Waals surface area contributed by atoms with Crippen molar-refractivity contribution in [3.8, 4) is 0 Å². The molecule has 0 fully saturated rings. The Bertz CT molecular complexity index is 543. The maximum Gasteiger partial charge on any atom is 0.326 e. The zero-order valence-corrected chi connectivity index (χ0v) is 12.4. The van der Waals surface area contributed by atoms with Gasteiger partial charge in [-0.3, -0.25) is 9.59 Å². The van der Waals surface area contributed by atoms with E-state index in [2.05, 4.69) is 10.6 Å². The predicted molar refractivity (Wildman–Crippen MR) is 77.8 cm³/mol. The molecule has 1 aromatic rings. The number of halogens is 1. The molecule has 3 N–H and O–H groups in total. The van der Waals surface area contributed by atoms with Crippen LogP contribution in [0.25, 0.3) is 0 Å². The van der Waals surface area contributed by atoms with Gasteiger partial charge >= 0.3 is 5.97 Å². The van der Waals surface area contributed by atoms with Gasteiger partial charge < -0.3 is 15.7 Å².